The predicted octanol–water partition coefficient (Wildman–Crippen LogP) is 4.42. The van der Waals surface area contributed by atoms with Crippen LogP contribution < -0.4 is 25.4 Å². The third-order valence-corrected chi connectivity index (χ3v) is 13.2. The summed E-state index contributed by atoms with van der Waals surface area (Å²) in [6.07, 6.45) is 6.44. The summed E-state index contributed by atoms with van der Waals surface area (Å²) in [4.78, 5) is 83.5. The van der Waals surface area contributed by atoms with Crippen LogP contribution >= 0.6 is 0 Å². The molecule has 3 aromatic carbocycles. The quantitative estimate of drug-likeness (QED) is 0.0828. The molecule has 6 amide bonds. The maximum absolute atomic E-state index is 14.0. The van der Waals surface area contributed by atoms with Crippen LogP contribution in [0.4, 0.5) is 11.4 Å². The second kappa shape index (κ2) is 21.0. The second-order valence-corrected chi connectivity index (χ2v) is 19.3. The zero-order valence-corrected chi connectivity index (χ0v) is 38.7. The van der Waals surface area contributed by atoms with Gasteiger partial charge in [-0.2, -0.15) is 5.10 Å². The number of hydrogen-bond acceptors (Lipinski definition) is 13. The number of amides is 6. The molecule has 4 heterocycles. The number of hydrogen-bond donors (Lipinski definition) is 3. The average molecular weight is 927 g/mol. The number of imide groups is 2. The highest BCUT2D eigenvalue weighted by molar-refractivity contribution is 7.90. The van der Waals surface area contributed by atoms with Crippen LogP contribution in [0.3, 0.4) is 0 Å². The van der Waals surface area contributed by atoms with E-state index in [2.05, 4.69) is 30.8 Å². The van der Waals surface area contributed by atoms with Gasteiger partial charge in [-0.15, -0.1) is 0 Å². The second-order valence-electron chi connectivity index (χ2n) is 17.1. The molecule has 0 saturated carbocycles. The van der Waals surface area contributed by atoms with Crippen molar-refractivity contribution in [1.82, 2.24) is 29.8 Å². The van der Waals surface area contributed by atoms with Gasteiger partial charge in [-0.1, -0.05) is 31.4 Å². The molecule has 0 radical (unpaired) electrons. The summed E-state index contributed by atoms with van der Waals surface area (Å²) in [6.45, 7) is 6.61. The van der Waals surface area contributed by atoms with Gasteiger partial charge in [0.1, 0.15) is 9.84 Å². The van der Waals surface area contributed by atoms with Crippen molar-refractivity contribution < 1.29 is 46.7 Å². The normalized spacial score (nSPS) is 17.5. The number of benzene rings is 3. The highest BCUT2D eigenvalue weighted by atomic mass is 32.2. The molecule has 352 valence electrons. The summed E-state index contributed by atoms with van der Waals surface area (Å²) in [6, 6.07) is 13.8. The monoisotopic (exact) mass is 926 g/mol. The number of methoxy groups -OCH3 is 1. The number of piperazine rings is 1. The molecule has 2 atom stereocenters. The number of nitrogens with one attached hydrogen (secondary N) is 3. The van der Waals surface area contributed by atoms with Crippen LogP contribution in [0, 0.1) is 0 Å². The Balaban J connectivity index is 0.813. The smallest absolute Gasteiger partial charge is 0.264 e. The third kappa shape index (κ3) is 11.2. The van der Waals surface area contributed by atoms with Gasteiger partial charge in [0.25, 0.3) is 11.8 Å². The van der Waals surface area contributed by atoms with Crippen LogP contribution in [0.15, 0.2) is 54.6 Å². The Kier molecular flexibility index (Phi) is 15.2. The summed E-state index contributed by atoms with van der Waals surface area (Å²) in [5, 5.41) is 13.6. The van der Waals surface area contributed by atoms with Crippen molar-refractivity contribution >= 4 is 67.6 Å². The molecule has 66 heavy (non-hydrogen) atoms. The van der Waals surface area contributed by atoms with Crippen molar-refractivity contribution in [1.29, 1.82) is 0 Å². The van der Waals surface area contributed by atoms with Crippen molar-refractivity contribution in [2.75, 3.05) is 75.6 Å². The summed E-state index contributed by atoms with van der Waals surface area (Å²) in [7, 11) is -0.409. The number of carbonyl (C=O) groups excluding carboxylic acids is 6. The van der Waals surface area contributed by atoms with Crippen molar-refractivity contribution in [3.05, 3.63) is 77.0 Å². The molecule has 0 bridgehead atoms. The molecule has 7 rings (SSSR count). The van der Waals surface area contributed by atoms with Gasteiger partial charge in [0.15, 0.2) is 11.5 Å². The highest BCUT2D eigenvalue weighted by Gasteiger charge is 2.43. The maximum atomic E-state index is 14.0. The van der Waals surface area contributed by atoms with Gasteiger partial charge in [0.2, 0.25) is 23.6 Å². The fraction of sp³-hybridized carbons (Fsp3) is 0.468. The van der Waals surface area contributed by atoms with Crippen molar-refractivity contribution in [2.45, 2.75) is 70.3 Å². The Hall–Kier alpha value is -6.18. The first-order valence-corrected chi connectivity index (χ1v) is 24.5. The first-order valence-electron chi connectivity index (χ1n) is 22.5. The molecular formula is C47H58N8O10S. The molecule has 3 aliphatic rings. The minimum absolute atomic E-state index is 0.0283. The number of nitrogens with zero attached hydrogens (tertiary/aromatic N) is 5. The van der Waals surface area contributed by atoms with Crippen molar-refractivity contribution in [3.63, 3.8) is 0 Å². The topological polar surface area (TPSA) is 219 Å². The zero-order chi connectivity index (χ0) is 47.1. The standard InChI is InChI=1S/C47H58N8O10S/c1-5-65-39-26-30(15-19-38(39)64-3)37(29-66(4,62)63)55-46(60)33-12-11-13-35(43(33)47(55)61)49-40(56)14-9-7-6-8-10-21-53-22-24-54(25-23-53)28-42(58)48-31-16-17-32-36(27-31)52(2)51-44(32)34-18-20-41(57)50-45(34)59/h11-13,15-17,19,26-27,34,37H,5-10,14,18,20-25,28-29H2,1-4H3,(H,48,58)(H,49,56)(H,50,57,59)/t34?,37-/m1/s1. The number of unbranched alkanes of at least 4 members (excludes halogenated alkanes) is 4. The van der Waals surface area contributed by atoms with Crippen molar-refractivity contribution in [2.24, 2.45) is 7.05 Å². The third-order valence-electron chi connectivity index (χ3n) is 12.3. The molecule has 3 N–H and O–H groups in total. The van der Waals surface area contributed by atoms with E-state index in [-0.39, 0.29) is 59.8 Å². The average Bonchev–Trinajstić information content (AvgIpc) is 3.73. The first-order chi connectivity index (χ1) is 31.6. The minimum Gasteiger partial charge on any atom is -0.493 e. The fourth-order valence-electron chi connectivity index (χ4n) is 8.98. The molecule has 2 fully saturated rings. The maximum Gasteiger partial charge on any atom is 0.264 e. The number of aryl methyl sites for hydroxylation is 1. The van der Waals surface area contributed by atoms with Gasteiger partial charge < -0.3 is 25.0 Å². The van der Waals surface area contributed by atoms with E-state index in [1.54, 1.807) is 49.0 Å². The predicted molar refractivity (Wildman–Crippen MR) is 247 cm³/mol. The van der Waals surface area contributed by atoms with E-state index < -0.39 is 39.4 Å². The SMILES string of the molecule is CCOc1cc([C@@H](CS(C)(=O)=O)N2C(=O)c3cccc(NC(=O)CCCCCCCN4CCN(CC(=O)Nc5ccc6c(C7CCC(=O)NC7=O)nn(C)c6c5)CC4)c3C2=O)ccc1OC. The lowest BCUT2D eigenvalue weighted by atomic mass is 9.93. The zero-order valence-electron chi connectivity index (χ0n) is 37.9. The van der Waals surface area contributed by atoms with E-state index in [0.717, 1.165) is 80.5 Å². The molecule has 4 aromatic rings. The van der Waals surface area contributed by atoms with E-state index >= 15 is 0 Å². The van der Waals surface area contributed by atoms with E-state index in [0.29, 0.717) is 47.9 Å². The Bertz CT molecular complexity index is 2620. The molecule has 1 unspecified atom stereocenters. The first kappa shape index (κ1) is 47.8. The van der Waals surface area contributed by atoms with Crippen molar-refractivity contribution in [3.8, 4) is 11.5 Å². The summed E-state index contributed by atoms with van der Waals surface area (Å²) < 4.78 is 38.0. The van der Waals surface area contributed by atoms with Gasteiger partial charge >= 0.3 is 0 Å². The van der Waals surface area contributed by atoms with Crippen LogP contribution in [0.2, 0.25) is 0 Å². The van der Waals surface area contributed by atoms with Crippen LogP contribution in [0.5, 0.6) is 11.5 Å². The Morgan fingerprint density at radius 2 is 1.62 bits per heavy atom. The largest absolute Gasteiger partial charge is 0.493 e. The number of aromatic nitrogens is 2. The lowest BCUT2D eigenvalue weighted by molar-refractivity contribution is -0.134. The van der Waals surface area contributed by atoms with Gasteiger partial charge in [-0.3, -0.25) is 48.6 Å². The number of rotatable bonds is 20. The molecular weight excluding hydrogens is 869 g/mol. The Morgan fingerprint density at radius 3 is 2.35 bits per heavy atom. The van der Waals surface area contributed by atoms with Crippen LogP contribution in [0.1, 0.15) is 102 Å². The molecule has 19 heteroatoms. The van der Waals surface area contributed by atoms with Crippen LogP contribution in [-0.2, 0) is 36.1 Å². The van der Waals surface area contributed by atoms with E-state index in [1.165, 1.54) is 13.2 Å². The molecule has 0 spiro atoms. The van der Waals surface area contributed by atoms with E-state index in [9.17, 15) is 37.2 Å². The molecule has 3 aliphatic heterocycles. The van der Waals surface area contributed by atoms with Gasteiger partial charge in [-0.05, 0) is 80.8 Å². The Morgan fingerprint density at radius 1 is 0.879 bits per heavy atom. The number of ether oxygens (including phenoxy) is 2. The van der Waals surface area contributed by atoms with Gasteiger partial charge in [0.05, 0.1) is 66.0 Å². The van der Waals surface area contributed by atoms with Gasteiger partial charge in [-0.25, -0.2) is 8.42 Å². The number of fused-ring (bicyclic) bond motifs is 2. The lowest BCUT2D eigenvalue weighted by Gasteiger charge is -2.34. The van der Waals surface area contributed by atoms with Crippen LogP contribution in [-0.4, -0.2) is 133 Å². The van der Waals surface area contributed by atoms with Crippen LogP contribution in [0.25, 0.3) is 10.9 Å². The molecule has 18 nitrogen and oxygen atoms in total. The van der Waals surface area contributed by atoms with Gasteiger partial charge in [0, 0.05) is 63.4 Å². The summed E-state index contributed by atoms with van der Waals surface area (Å²) in [5.41, 5.74) is 2.76. The number of piperidine rings is 1. The molecule has 2 saturated heterocycles. The lowest BCUT2D eigenvalue weighted by Crippen LogP contribution is -2.48. The fourth-order valence-corrected chi connectivity index (χ4v) is 9.89. The van der Waals surface area contributed by atoms with E-state index in [1.807, 2.05) is 18.2 Å². The number of sulfone groups is 1. The minimum atomic E-state index is -3.68. The highest BCUT2D eigenvalue weighted by Crippen LogP contribution is 2.39. The number of carbonyl (C=O) groups is 6. The Labute approximate surface area is 384 Å². The summed E-state index contributed by atoms with van der Waals surface area (Å²) >= 11 is 0. The number of anilines is 2. The molecule has 1 aromatic heterocycles. The van der Waals surface area contributed by atoms with E-state index in [4.69, 9.17) is 9.47 Å². The molecule has 0 aliphatic carbocycles. The summed E-state index contributed by atoms with van der Waals surface area (Å²) in [5.74, 6) is -2.59.